The summed E-state index contributed by atoms with van der Waals surface area (Å²) in [4.78, 5) is 12.3. The van der Waals surface area contributed by atoms with Gasteiger partial charge in [-0.15, -0.1) is 0 Å². The largest absolute Gasteiger partial charge is 0.273 e. The second-order valence-electron chi connectivity index (χ2n) is 6.70. The van der Waals surface area contributed by atoms with Gasteiger partial charge in [-0.1, -0.05) is 78.9 Å². The number of hydrogen-bond donors (Lipinski definition) is 1. The van der Waals surface area contributed by atoms with Crippen LogP contribution >= 0.6 is 23.2 Å². The van der Waals surface area contributed by atoms with E-state index in [-0.39, 0.29) is 5.91 Å². The monoisotopic (exact) mass is 388 g/mol. The van der Waals surface area contributed by atoms with Crippen LogP contribution in [-0.4, -0.2) is 11.6 Å². The topological polar surface area (TPSA) is 41.5 Å². The number of rotatable bonds is 5. The molecule has 2 aromatic carbocycles. The Hall–Kier alpha value is -1.84. The molecule has 136 valence electrons. The minimum absolute atomic E-state index is 0.0367. The summed E-state index contributed by atoms with van der Waals surface area (Å²) < 4.78 is 0. The van der Waals surface area contributed by atoms with E-state index in [1.807, 2.05) is 36.4 Å². The lowest BCUT2D eigenvalue weighted by Crippen LogP contribution is -2.24. The van der Waals surface area contributed by atoms with E-state index in [1.54, 1.807) is 12.1 Å². The molecule has 1 aliphatic rings. The molecule has 3 rings (SSSR count). The summed E-state index contributed by atoms with van der Waals surface area (Å²) in [6, 6.07) is 15.1. The molecule has 1 aliphatic carbocycles. The lowest BCUT2D eigenvalue weighted by Gasteiger charge is -2.20. The van der Waals surface area contributed by atoms with Crippen molar-refractivity contribution in [2.45, 2.75) is 38.5 Å². The Morgan fingerprint density at radius 3 is 2.38 bits per heavy atom. The first-order valence-corrected chi connectivity index (χ1v) is 9.76. The van der Waals surface area contributed by atoms with Gasteiger partial charge in [-0.2, -0.15) is 5.10 Å². The van der Waals surface area contributed by atoms with Crippen molar-refractivity contribution in [3.63, 3.8) is 0 Å². The van der Waals surface area contributed by atoms with Crippen molar-refractivity contribution >= 4 is 34.8 Å². The van der Waals surface area contributed by atoms with Gasteiger partial charge in [0, 0.05) is 17.5 Å². The molecule has 0 aromatic heterocycles. The fourth-order valence-corrected chi connectivity index (χ4v) is 3.65. The van der Waals surface area contributed by atoms with Crippen LogP contribution in [0, 0.1) is 5.92 Å². The standard InChI is InChI=1S/C21H22Cl2N2O/c22-18-12-11-17(14-19(18)23)21(16-9-5-2-6-10-16)25-24-20(26)13-15-7-3-1-4-8-15/h2,5-6,9-12,14-15H,1,3-4,7-8,13H2,(H,24,26)/b25-21+. The fraction of sp³-hybridized carbons (Fsp3) is 0.333. The predicted octanol–water partition coefficient (Wildman–Crippen LogP) is 5.83. The first-order valence-electron chi connectivity index (χ1n) is 9.01. The Balaban J connectivity index is 1.79. The molecule has 0 aliphatic heterocycles. The number of halogens is 2. The molecular weight excluding hydrogens is 367 g/mol. The molecule has 1 fully saturated rings. The molecule has 1 saturated carbocycles. The molecule has 1 N–H and O–H groups in total. The van der Waals surface area contributed by atoms with E-state index in [0.29, 0.717) is 28.1 Å². The van der Waals surface area contributed by atoms with Gasteiger partial charge in [-0.3, -0.25) is 4.79 Å². The summed E-state index contributed by atoms with van der Waals surface area (Å²) >= 11 is 12.2. The number of hydrazone groups is 1. The second-order valence-corrected chi connectivity index (χ2v) is 7.51. The second kappa shape index (κ2) is 9.20. The average molecular weight is 389 g/mol. The smallest absolute Gasteiger partial charge is 0.240 e. The summed E-state index contributed by atoms with van der Waals surface area (Å²) in [7, 11) is 0. The number of benzene rings is 2. The number of amides is 1. The maximum atomic E-state index is 12.3. The van der Waals surface area contributed by atoms with Crippen LogP contribution in [0.3, 0.4) is 0 Å². The van der Waals surface area contributed by atoms with Crippen molar-refractivity contribution in [1.29, 1.82) is 0 Å². The van der Waals surface area contributed by atoms with Gasteiger partial charge < -0.3 is 0 Å². The highest BCUT2D eigenvalue weighted by Gasteiger charge is 2.17. The summed E-state index contributed by atoms with van der Waals surface area (Å²) in [5.74, 6) is 0.439. The third kappa shape index (κ3) is 5.09. The van der Waals surface area contributed by atoms with Crippen LogP contribution < -0.4 is 5.43 Å². The summed E-state index contributed by atoms with van der Waals surface area (Å²) in [5, 5.41) is 5.37. The van der Waals surface area contributed by atoms with Gasteiger partial charge in [0.25, 0.3) is 0 Å². The van der Waals surface area contributed by atoms with Gasteiger partial charge in [0.2, 0.25) is 5.91 Å². The van der Waals surface area contributed by atoms with Crippen LogP contribution in [0.15, 0.2) is 53.6 Å². The number of carbonyl (C=O) groups excluding carboxylic acids is 1. The van der Waals surface area contributed by atoms with Gasteiger partial charge >= 0.3 is 0 Å². The molecule has 1 amide bonds. The highest BCUT2D eigenvalue weighted by atomic mass is 35.5. The normalized spacial score (nSPS) is 15.7. The van der Waals surface area contributed by atoms with E-state index in [9.17, 15) is 4.79 Å². The third-order valence-corrected chi connectivity index (χ3v) is 5.47. The summed E-state index contributed by atoms with van der Waals surface area (Å²) in [6.07, 6.45) is 6.53. The quantitative estimate of drug-likeness (QED) is 0.507. The molecule has 3 nitrogen and oxygen atoms in total. The van der Waals surface area contributed by atoms with Gasteiger partial charge in [-0.25, -0.2) is 5.43 Å². The van der Waals surface area contributed by atoms with Crippen molar-refractivity contribution in [2.24, 2.45) is 11.0 Å². The van der Waals surface area contributed by atoms with Crippen LogP contribution in [0.25, 0.3) is 0 Å². The highest BCUT2D eigenvalue weighted by Crippen LogP contribution is 2.26. The van der Waals surface area contributed by atoms with Crippen LogP contribution in [0.5, 0.6) is 0 Å². The minimum atomic E-state index is -0.0367. The lowest BCUT2D eigenvalue weighted by atomic mass is 9.87. The zero-order valence-electron chi connectivity index (χ0n) is 14.6. The van der Waals surface area contributed by atoms with E-state index >= 15 is 0 Å². The Morgan fingerprint density at radius 2 is 1.69 bits per heavy atom. The molecule has 0 heterocycles. The molecule has 0 bridgehead atoms. The Labute approximate surface area is 164 Å². The molecular formula is C21H22Cl2N2O. The third-order valence-electron chi connectivity index (χ3n) is 4.73. The SMILES string of the molecule is O=C(CC1CCCCC1)N/N=C(\c1ccccc1)c1ccc(Cl)c(Cl)c1. The maximum Gasteiger partial charge on any atom is 0.240 e. The molecule has 2 aromatic rings. The predicted molar refractivity (Wildman–Crippen MR) is 108 cm³/mol. The number of nitrogens with zero attached hydrogens (tertiary/aromatic N) is 1. The highest BCUT2D eigenvalue weighted by molar-refractivity contribution is 6.42. The Morgan fingerprint density at radius 1 is 0.962 bits per heavy atom. The minimum Gasteiger partial charge on any atom is -0.273 e. The Bertz CT molecular complexity index is 784. The molecule has 0 spiro atoms. The van der Waals surface area contributed by atoms with Crippen molar-refractivity contribution < 1.29 is 4.79 Å². The van der Waals surface area contributed by atoms with E-state index in [2.05, 4.69) is 10.5 Å². The van der Waals surface area contributed by atoms with Crippen LogP contribution in [0.2, 0.25) is 10.0 Å². The summed E-state index contributed by atoms with van der Waals surface area (Å²) in [5.41, 5.74) is 5.12. The number of carbonyl (C=O) groups is 1. The molecule has 26 heavy (non-hydrogen) atoms. The molecule has 0 atom stereocenters. The lowest BCUT2D eigenvalue weighted by molar-refractivity contribution is -0.122. The van der Waals surface area contributed by atoms with Gasteiger partial charge in [0.05, 0.1) is 15.8 Å². The van der Waals surface area contributed by atoms with Gasteiger partial charge in [0.15, 0.2) is 0 Å². The summed E-state index contributed by atoms with van der Waals surface area (Å²) in [6.45, 7) is 0. The molecule has 0 radical (unpaired) electrons. The average Bonchev–Trinajstić information content (AvgIpc) is 2.66. The fourth-order valence-electron chi connectivity index (χ4n) is 3.35. The zero-order valence-corrected chi connectivity index (χ0v) is 16.1. The zero-order chi connectivity index (χ0) is 18.4. The van der Waals surface area contributed by atoms with Crippen molar-refractivity contribution in [2.75, 3.05) is 0 Å². The number of nitrogens with one attached hydrogen (secondary N) is 1. The number of hydrogen-bond acceptors (Lipinski definition) is 2. The molecule has 0 unspecified atom stereocenters. The van der Waals surface area contributed by atoms with Crippen LogP contribution in [0.4, 0.5) is 0 Å². The first kappa shape index (κ1) is 18.9. The maximum absolute atomic E-state index is 12.3. The van der Waals surface area contributed by atoms with Crippen LogP contribution in [-0.2, 0) is 4.79 Å². The van der Waals surface area contributed by atoms with E-state index in [4.69, 9.17) is 23.2 Å². The van der Waals surface area contributed by atoms with Gasteiger partial charge in [0.1, 0.15) is 0 Å². The molecule has 5 heteroatoms. The Kier molecular flexibility index (Phi) is 6.70. The van der Waals surface area contributed by atoms with Crippen LogP contribution in [0.1, 0.15) is 49.7 Å². The van der Waals surface area contributed by atoms with Crippen molar-refractivity contribution in [3.05, 3.63) is 69.7 Å². The van der Waals surface area contributed by atoms with E-state index in [0.717, 1.165) is 24.0 Å². The van der Waals surface area contributed by atoms with Crippen molar-refractivity contribution in [3.8, 4) is 0 Å². The van der Waals surface area contributed by atoms with Crippen molar-refractivity contribution in [1.82, 2.24) is 5.43 Å². The molecule has 0 saturated heterocycles. The van der Waals surface area contributed by atoms with E-state index < -0.39 is 0 Å². The van der Waals surface area contributed by atoms with E-state index in [1.165, 1.54) is 19.3 Å². The van der Waals surface area contributed by atoms with Gasteiger partial charge in [-0.05, 0) is 30.9 Å². The first-order chi connectivity index (χ1) is 12.6.